The second kappa shape index (κ2) is 18.3. The predicted octanol–water partition coefficient (Wildman–Crippen LogP) is 4.11. The summed E-state index contributed by atoms with van der Waals surface area (Å²) in [6, 6.07) is 0. The summed E-state index contributed by atoms with van der Waals surface area (Å²) in [6.07, 6.45) is 19.9. The predicted molar refractivity (Wildman–Crippen MR) is 97.6 cm³/mol. The Morgan fingerprint density at radius 1 is 0.667 bits per heavy atom. The lowest BCUT2D eigenvalue weighted by molar-refractivity contribution is -0.304. The van der Waals surface area contributed by atoms with Gasteiger partial charge in [-0.2, -0.15) is 0 Å². The number of carboxylic acid groups (broad SMARTS) is 1. The van der Waals surface area contributed by atoms with Gasteiger partial charge in [0.05, 0.1) is 12.5 Å². The number of aliphatic carboxylic acids is 1. The van der Waals surface area contributed by atoms with Gasteiger partial charge in [-0.25, -0.2) is 0 Å². The minimum absolute atomic E-state index is 0.186. The maximum atomic E-state index is 11.3. The number of amides is 1. The van der Waals surface area contributed by atoms with Gasteiger partial charge in [0.2, 0.25) is 5.91 Å². The first kappa shape index (κ1) is 22.9. The Morgan fingerprint density at radius 2 is 1.04 bits per heavy atom. The molecule has 0 heterocycles. The summed E-state index contributed by atoms with van der Waals surface area (Å²) in [6.45, 7) is 1.88. The molecule has 0 radical (unpaired) electrons. The van der Waals surface area contributed by atoms with E-state index in [-0.39, 0.29) is 12.5 Å². The molecule has 4 heteroatoms. The fourth-order valence-corrected chi connectivity index (χ4v) is 2.92. The molecule has 0 unspecified atom stereocenters. The first-order chi connectivity index (χ1) is 11.7. The third kappa shape index (κ3) is 19.0. The van der Waals surface area contributed by atoms with Crippen molar-refractivity contribution in [1.29, 1.82) is 0 Å². The summed E-state index contributed by atoms with van der Waals surface area (Å²) in [5.74, 6) is -1.42. The zero-order valence-corrected chi connectivity index (χ0v) is 15.7. The van der Waals surface area contributed by atoms with Gasteiger partial charge >= 0.3 is 0 Å². The highest BCUT2D eigenvalue weighted by molar-refractivity contribution is 5.80. The van der Waals surface area contributed by atoms with E-state index in [1.54, 1.807) is 0 Å². The second-order valence-electron chi connectivity index (χ2n) is 6.85. The maximum Gasteiger partial charge on any atom is 0.220 e. The summed E-state index contributed by atoms with van der Waals surface area (Å²) >= 11 is 0. The minimum Gasteiger partial charge on any atom is -0.548 e. The van der Waals surface area contributed by atoms with Gasteiger partial charge in [0.25, 0.3) is 0 Å². The highest BCUT2D eigenvalue weighted by Gasteiger charge is 2.00. The number of unbranched alkanes of at least 4 members (excludes halogenated alkanes) is 14. The Morgan fingerprint density at radius 3 is 1.42 bits per heavy atom. The van der Waals surface area contributed by atoms with Crippen molar-refractivity contribution in [3.05, 3.63) is 0 Å². The van der Waals surface area contributed by atoms with Crippen molar-refractivity contribution < 1.29 is 14.7 Å². The topological polar surface area (TPSA) is 69.2 Å². The van der Waals surface area contributed by atoms with Gasteiger partial charge in [-0.3, -0.25) is 4.79 Å². The van der Waals surface area contributed by atoms with E-state index in [0.717, 1.165) is 12.8 Å². The van der Waals surface area contributed by atoms with Crippen LogP contribution in [-0.2, 0) is 9.59 Å². The van der Waals surface area contributed by atoms with Crippen molar-refractivity contribution in [3.8, 4) is 0 Å². The van der Waals surface area contributed by atoms with Crippen molar-refractivity contribution in [2.45, 2.75) is 110 Å². The molecule has 0 aromatic heterocycles. The van der Waals surface area contributed by atoms with Crippen molar-refractivity contribution in [2.75, 3.05) is 6.54 Å². The lowest BCUT2D eigenvalue weighted by Gasteiger charge is -2.05. The van der Waals surface area contributed by atoms with Crippen LogP contribution in [0.3, 0.4) is 0 Å². The number of rotatable bonds is 18. The van der Waals surface area contributed by atoms with Gasteiger partial charge in [0.15, 0.2) is 0 Å². The molecule has 0 saturated heterocycles. The Balaban J connectivity index is 3.10. The lowest BCUT2D eigenvalue weighted by atomic mass is 10.0. The number of hydrogen-bond acceptors (Lipinski definition) is 3. The molecule has 0 atom stereocenters. The number of nitrogens with one attached hydrogen (secondary N) is 1. The average Bonchev–Trinajstić information content (AvgIpc) is 2.56. The van der Waals surface area contributed by atoms with Crippen LogP contribution in [0.4, 0.5) is 0 Å². The maximum absolute atomic E-state index is 11.3. The molecule has 0 fully saturated rings. The molecule has 24 heavy (non-hydrogen) atoms. The SMILES string of the molecule is CCCCCCCCCCCCCCCCCC(=O)NCC(=O)[O-]. The number of hydrogen-bond donors (Lipinski definition) is 1. The molecule has 4 nitrogen and oxygen atoms in total. The molecule has 0 saturated carbocycles. The van der Waals surface area contributed by atoms with E-state index in [4.69, 9.17) is 0 Å². The van der Waals surface area contributed by atoms with Gasteiger partial charge in [-0.05, 0) is 6.42 Å². The standard InChI is InChI=1S/C20H39NO3/c1-2-3-4-5-6-7-8-9-10-11-12-13-14-15-16-17-19(22)21-18-20(23)24/h2-18H2,1H3,(H,21,22)(H,23,24)/p-1. The number of carboxylic acids is 1. The van der Waals surface area contributed by atoms with Crippen LogP contribution in [0, 0.1) is 0 Å². The van der Waals surface area contributed by atoms with Crippen LogP contribution in [0.2, 0.25) is 0 Å². The first-order valence-corrected chi connectivity index (χ1v) is 10.1. The molecule has 1 amide bonds. The van der Waals surface area contributed by atoms with Crippen molar-refractivity contribution >= 4 is 11.9 Å². The Bertz CT molecular complexity index is 305. The molecule has 0 spiro atoms. The molecule has 142 valence electrons. The third-order valence-corrected chi connectivity index (χ3v) is 4.44. The third-order valence-electron chi connectivity index (χ3n) is 4.44. The molecule has 0 aliphatic heterocycles. The van der Waals surface area contributed by atoms with Gasteiger partial charge < -0.3 is 15.2 Å². The van der Waals surface area contributed by atoms with E-state index >= 15 is 0 Å². The Labute approximate surface area is 148 Å². The molecule has 0 aliphatic carbocycles. The van der Waals surface area contributed by atoms with Gasteiger partial charge in [0.1, 0.15) is 0 Å². The molecule has 1 N–H and O–H groups in total. The number of carbonyl (C=O) groups is 2. The summed E-state index contributed by atoms with van der Waals surface area (Å²) in [7, 11) is 0. The van der Waals surface area contributed by atoms with Crippen LogP contribution in [-0.4, -0.2) is 18.4 Å². The Kier molecular flexibility index (Phi) is 17.5. The summed E-state index contributed by atoms with van der Waals surface area (Å²) < 4.78 is 0. The van der Waals surface area contributed by atoms with Crippen molar-refractivity contribution in [1.82, 2.24) is 5.32 Å². The molecular weight excluding hydrogens is 302 g/mol. The van der Waals surface area contributed by atoms with Crippen LogP contribution in [0.15, 0.2) is 0 Å². The molecule has 0 aliphatic rings. The van der Waals surface area contributed by atoms with E-state index in [9.17, 15) is 14.7 Å². The molecule has 0 aromatic rings. The normalized spacial score (nSPS) is 10.7. The summed E-state index contributed by atoms with van der Waals surface area (Å²) in [5, 5.41) is 12.5. The average molecular weight is 341 g/mol. The summed E-state index contributed by atoms with van der Waals surface area (Å²) in [5.41, 5.74) is 0. The minimum atomic E-state index is -1.24. The zero-order chi connectivity index (χ0) is 17.9. The van der Waals surface area contributed by atoms with E-state index in [0.29, 0.717) is 6.42 Å². The van der Waals surface area contributed by atoms with Crippen LogP contribution in [0.25, 0.3) is 0 Å². The van der Waals surface area contributed by atoms with Gasteiger partial charge in [-0.1, -0.05) is 96.8 Å². The Hall–Kier alpha value is -1.06. The van der Waals surface area contributed by atoms with E-state index < -0.39 is 5.97 Å². The van der Waals surface area contributed by atoms with E-state index in [1.165, 1.54) is 83.5 Å². The second-order valence-corrected chi connectivity index (χ2v) is 6.85. The smallest absolute Gasteiger partial charge is 0.220 e. The highest BCUT2D eigenvalue weighted by atomic mass is 16.4. The van der Waals surface area contributed by atoms with Crippen LogP contribution < -0.4 is 10.4 Å². The number of carbonyl (C=O) groups excluding carboxylic acids is 2. The summed E-state index contributed by atoms with van der Waals surface area (Å²) in [4.78, 5) is 21.5. The van der Waals surface area contributed by atoms with E-state index in [1.807, 2.05) is 0 Å². The monoisotopic (exact) mass is 340 g/mol. The highest BCUT2D eigenvalue weighted by Crippen LogP contribution is 2.13. The van der Waals surface area contributed by atoms with Crippen molar-refractivity contribution in [2.24, 2.45) is 0 Å². The molecular formula is C20H38NO3-. The largest absolute Gasteiger partial charge is 0.548 e. The van der Waals surface area contributed by atoms with Crippen LogP contribution in [0.1, 0.15) is 110 Å². The van der Waals surface area contributed by atoms with Crippen LogP contribution in [0.5, 0.6) is 0 Å². The zero-order valence-electron chi connectivity index (χ0n) is 15.7. The van der Waals surface area contributed by atoms with Gasteiger partial charge in [0, 0.05) is 6.42 Å². The quantitative estimate of drug-likeness (QED) is 0.382. The first-order valence-electron chi connectivity index (χ1n) is 10.1. The molecule has 0 aromatic carbocycles. The van der Waals surface area contributed by atoms with Crippen molar-refractivity contribution in [3.63, 3.8) is 0 Å². The lowest BCUT2D eigenvalue weighted by Crippen LogP contribution is -2.37. The van der Waals surface area contributed by atoms with Crippen LogP contribution >= 0.6 is 0 Å². The van der Waals surface area contributed by atoms with E-state index in [2.05, 4.69) is 12.2 Å². The fraction of sp³-hybridized carbons (Fsp3) is 0.900. The molecule has 0 bridgehead atoms. The molecule has 0 rings (SSSR count). The van der Waals surface area contributed by atoms with Gasteiger partial charge in [-0.15, -0.1) is 0 Å². The fourth-order valence-electron chi connectivity index (χ4n) is 2.92.